The number of nitrogens with zero attached hydrogens (tertiary/aromatic N) is 5. The topological polar surface area (TPSA) is 35.5 Å². The molecule has 1 fully saturated rings. The molecule has 376 valence electrons. The van der Waals surface area contributed by atoms with E-state index in [9.17, 15) is 0 Å². The molecule has 11 aromatic rings. The van der Waals surface area contributed by atoms with E-state index in [1.54, 1.807) is 0 Å². The average molecular weight is 1010 g/mol. The number of hydrogen-bond acceptors (Lipinski definition) is 5. The smallest absolute Gasteiger partial charge is 0.253 e. The summed E-state index contributed by atoms with van der Waals surface area (Å²) < 4.78 is 0. The maximum atomic E-state index is 5.23. The number of benzene rings is 9. The summed E-state index contributed by atoms with van der Waals surface area (Å²) in [5, 5.41) is 0. The third-order valence-corrected chi connectivity index (χ3v) is 19.0. The molecule has 1 saturated carbocycles. The van der Waals surface area contributed by atoms with Crippen LogP contribution in [0.5, 0.6) is 0 Å². The number of fused-ring (bicyclic) bond motifs is 3. The molecule has 16 rings (SSSR count). The van der Waals surface area contributed by atoms with E-state index in [-0.39, 0.29) is 17.7 Å². The Kier molecular flexibility index (Phi) is 10.1. The Balaban J connectivity index is 1.07. The van der Waals surface area contributed by atoms with Crippen LogP contribution in [0.15, 0.2) is 255 Å². The molecule has 6 heteroatoms. The van der Waals surface area contributed by atoms with Gasteiger partial charge in [-0.3, -0.25) is 9.97 Å². The summed E-state index contributed by atoms with van der Waals surface area (Å²) in [7, 11) is 0. The fourth-order valence-electron chi connectivity index (χ4n) is 15.5. The number of rotatable bonds is 8. The molecule has 4 aliphatic heterocycles. The Morgan fingerprint density at radius 1 is 0.380 bits per heavy atom. The van der Waals surface area contributed by atoms with Gasteiger partial charge in [-0.05, 0) is 142 Å². The summed E-state index contributed by atoms with van der Waals surface area (Å²) in [5.74, 6) is 0. The predicted molar refractivity (Wildman–Crippen MR) is 327 cm³/mol. The van der Waals surface area contributed by atoms with Gasteiger partial charge in [0, 0.05) is 63.1 Å². The fraction of sp³-hybridized carbons (Fsp3) is 0.123. The molecule has 79 heavy (non-hydrogen) atoms. The Morgan fingerprint density at radius 3 is 1.51 bits per heavy atom. The highest BCUT2D eigenvalue weighted by Gasteiger charge is 2.59. The molecule has 0 spiro atoms. The van der Waals surface area contributed by atoms with Crippen molar-refractivity contribution in [1.82, 2.24) is 9.97 Å². The van der Waals surface area contributed by atoms with Crippen molar-refractivity contribution in [3.05, 3.63) is 283 Å². The zero-order valence-electron chi connectivity index (χ0n) is 44.4. The van der Waals surface area contributed by atoms with Gasteiger partial charge in [-0.25, -0.2) is 0 Å². The fourth-order valence-corrected chi connectivity index (χ4v) is 15.5. The minimum Gasteiger partial charge on any atom is -0.334 e. The predicted octanol–water partition coefficient (Wildman–Crippen LogP) is 16.0. The van der Waals surface area contributed by atoms with Crippen LogP contribution in [-0.4, -0.2) is 22.2 Å². The zero-order valence-corrected chi connectivity index (χ0v) is 44.4. The molecule has 2 atom stereocenters. The van der Waals surface area contributed by atoms with Gasteiger partial charge in [0.1, 0.15) is 0 Å². The van der Waals surface area contributed by atoms with E-state index in [0.29, 0.717) is 0 Å². The van der Waals surface area contributed by atoms with Crippen LogP contribution in [0.2, 0.25) is 0 Å². The first-order valence-electron chi connectivity index (χ1n) is 28.1. The Morgan fingerprint density at radius 2 is 0.886 bits per heavy atom. The number of aromatic nitrogens is 2. The van der Waals surface area contributed by atoms with E-state index < -0.39 is 5.41 Å². The third kappa shape index (κ3) is 6.34. The first-order chi connectivity index (χ1) is 39.0. The van der Waals surface area contributed by atoms with Crippen molar-refractivity contribution in [2.75, 3.05) is 14.7 Å². The minimum atomic E-state index is -0.688. The van der Waals surface area contributed by atoms with E-state index in [1.807, 2.05) is 18.5 Å². The van der Waals surface area contributed by atoms with Gasteiger partial charge in [0.15, 0.2) is 0 Å². The lowest BCUT2D eigenvalue weighted by Gasteiger charge is -2.53. The largest absolute Gasteiger partial charge is 0.334 e. The molecule has 0 saturated heterocycles. The van der Waals surface area contributed by atoms with Gasteiger partial charge in [0.2, 0.25) is 0 Å². The van der Waals surface area contributed by atoms with Gasteiger partial charge < -0.3 is 14.7 Å². The highest BCUT2D eigenvalue weighted by atomic mass is 15.3. The van der Waals surface area contributed by atoms with Crippen LogP contribution >= 0.6 is 0 Å². The van der Waals surface area contributed by atoms with Gasteiger partial charge in [-0.15, -0.1) is 0 Å². The van der Waals surface area contributed by atoms with Gasteiger partial charge in [0.05, 0.1) is 33.7 Å². The number of anilines is 8. The summed E-state index contributed by atoms with van der Waals surface area (Å²) in [5.41, 5.74) is 25.2. The number of pyridine rings is 2. The summed E-state index contributed by atoms with van der Waals surface area (Å²) in [6.45, 7) is 4.99. The van der Waals surface area contributed by atoms with Crippen molar-refractivity contribution in [2.24, 2.45) is 0 Å². The first-order valence-corrected chi connectivity index (χ1v) is 28.1. The van der Waals surface area contributed by atoms with Crippen LogP contribution in [0.25, 0.3) is 33.6 Å². The lowest BCUT2D eigenvalue weighted by atomic mass is 9.28. The van der Waals surface area contributed by atoms with Crippen LogP contribution in [0.3, 0.4) is 0 Å². The lowest BCUT2D eigenvalue weighted by molar-refractivity contribution is 0.195. The Hall–Kier alpha value is -9.26. The second kappa shape index (κ2) is 17.4. The second-order valence-electron chi connectivity index (χ2n) is 22.7. The van der Waals surface area contributed by atoms with Crippen molar-refractivity contribution in [3.63, 3.8) is 0 Å². The maximum Gasteiger partial charge on any atom is 0.253 e. The van der Waals surface area contributed by atoms with Gasteiger partial charge >= 0.3 is 0 Å². The van der Waals surface area contributed by atoms with Crippen molar-refractivity contribution in [1.29, 1.82) is 0 Å². The molecule has 0 amide bonds. The van der Waals surface area contributed by atoms with Gasteiger partial charge in [0.25, 0.3) is 6.71 Å². The van der Waals surface area contributed by atoms with Crippen molar-refractivity contribution in [2.45, 2.75) is 55.9 Å². The van der Waals surface area contributed by atoms with Crippen LogP contribution in [0.1, 0.15) is 67.3 Å². The third-order valence-electron chi connectivity index (χ3n) is 19.0. The van der Waals surface area contributed by atoms with Crippen LogP contribution in [-0.2, 0) is 10.8 Å². The van der Waals surface area contributed by atoms with E-state index in [1.165, 1.54) is 91.2 Å². The second-order valence-corrected chi connectivity index (χ2v) is 22.7. The summed E-state index contributed by atoms with van der Waals surface area (Å²) in [6.07, 6.45) is 8.54. The Labute approximate surface area is 463 Å². The summed E-state index contributed by atoms with van der Waals surface area (Å²) in [6, 6.07) is 90.7. The molecule has 5 aliphatic rings. The van der Waals surface area contributed by atoms with E-state index in [4.69, 9.17) is 9.97 Å². The highest BCUT2D eigenvalue weighted by molar-refractivity contribution is 7.01. The van der Waals surface area contributed by atoms with E-state index >= 15 is 0 Å². The van der Waals surface area contributed by atoms with Crippen molar-refractivity contribution in [3.8, 4) is 33.6 Å². The van der Waals surface area contributed by atoms with E-state index in [2.05, 4.69) is 265 Å². The number of hydrogen-bond donors (Lipinski definition) is 0. The first kappa shape index (κ1) is 45.9. The minimum absolute atomic E-state index is 0.0491. The normalized spacial score (nSPS) is 18.7. The van der Waals surface area contributed by atoms with Gasteiger partial charge in [-0.1, -0.05) is 196 Å². The molecular formula is C73H56BN5. The molecule has 0 N–H and O–H groups in total. The van der Waals surface area contributed by atoms with Gasteiger partial charge in [-0.2, -0.15) is 0 Å². The van der Waals surface area contributed by atoms with Crippen molar-refractivity contribution >= 4 is 68.6 Å². The van der Waals surface area contributed by atoms with Crippen LogP contribution in [0.4, 0.5) is 45.5 Å². The standard InChI is InChI=1S/C73H56BN5/c1-71-42-19-20-43-72(71,2)79(63-38-17-14-32-56(63)71)53-47-66-70-67(48-53)78(62-37-16-13-31-55(62)60-46-50(41-45-76-60)49-24-6-3-7-25-49)65-40-23-34-58-69(65)74(70)68-57(73(58,51-26-8-4-9-27-51)52-28-10-5-11-29-52)33-22-39-64(68)77(66)61-36-15-12-30-54(61)59-35-18-21-44-75-59/h3-18,21-41,44-48H,19-20,42-43H2,1-2H3. The molecule has 5 nitrogen and oxygen atoms in total. The van der Waals surface area contributed by atoms with Crippen LogP contribution in [0, 0.1) is 0 Å². The lowest BCUT2D eigenvalue weighted by Crippen LogP contribution is -2.68. The van der Waals surface area contributed by atoms with Crippen molar-refractivity contribution < 1.29 is 0 Å². The zero-order chi connectivity index (χ0) is 52.5. The summed E-state index contributed by atoms with van der Waals surface area (Å²) >= 11 is 0. The Bertz CT molecular complexity index is 4180. The molecule has 6 heterocycles. The summed E-state index contributed by atoms with van der Waals surface area (Å²) in [4.78, 5) is 18.3. The molecular weight excluding hydrogens is 958 g/mol. The van der Waals surface area contributed by atoms with E-state index in [0.717, 1.165) is 57.9 Å². The number of para-hydroxylation sites is 3. The molecule has 1 aliphatic carbocycles. The average Bonchev–Trinajstić information content (AvgIpc) is 2.51. The molecule has 2 aromatic heterocycles. The maximum absolute atomic E-state index is 5.23. The van der Waals surface area contributed by atoms with Crippen LogP contribution < -0.4 is 31.1 Å². The molecule has 2 unspecified atom stereocenters. The quantitative estimate of drug-likeness (QED) is 0.142. The molecule has 0 bridgehead atoms. The highest BCUT2D eigenvalue weighted by Crippen LogP contribution is 2.62. The SMILES string of the molecule is CC12CCCCC1(C)N(c1cc3c4c(c1)N(c1ccccc1-c1cc(-c5ccccc5)ccn1)c1cccc5c1B4c1c(cccc1C5(c1ccccc1)c1ccccc1)N3c1ccccc1-c1ccccn1)c1ccccc12. The monoisotopic (exact) mass is 1010 g/mol. The molecule has 9 aromatic carbocycles. The molecule has 0 radical (unpaired) electrons.